The van der Waals surface area contributed by atoms with Gasteiger partial charge in [-0.3, -0.25) is 19.3 Å². The average Bonchev–Trinajstić information content (AvgIpc) is 2.44. The number of amides is 2. The summed E-state index contributed by atoms with van der Waals surface area (Å²) in [5.74, 6) is -1.64. The van der Waals surface area contributed by atoms with E-state index in [2.05, 4.69) is 0 Å². The van der Waals surface area contributed by atoms with Crippen molar-refractivity contribution in [2.45, 2.75) is 44.7 Å². The predicted molar refractivity (Wildman–Crippen MR) is 55.4 cm³/mol. The minimum Gasteiger partial charge on any atom is -0.480 e. The van der Waals surface area contributed by atoms with E-state index in [4.69, 9.17) is 10.8 Å². The van der Waals surface area contributed by atoms with Crippen molar-refractivity contribution in [3.05, 3.63) is 0 Å². The van der Waals surface area contributed by atoms with E-state index in [0.29, 0.717) is 0 Å². The summed E-state index contributed by atoms with van der Waals surface area (Å²) in [5, 5.41) is 8.85. The monoisotopic (exact) mass is 228 g/mol. The Morgan fingerprint density at radius 1 is 1.50 bits per heavy atom. The van der Waals surface area contributed by atoms with Gasteiger partial charge < -0.3 is 10.8 Å². The first-order valence-corrected chi connectivity index (χ1v) is 5.13. The molecule has 0 radical (unpaired) electrons. The molecule has 0 spiro atoms. The molecule has 6 nitrogen and oxygen atoms in total. The van der Waals surface area contributed by atoms with Gasteiger partial charge in [-0.1, -0.05) is 0 Å². The number of imide groups is 1. The number of hydrogen-bond acceptors (Lipinski definition) is 4. The van der Waals surface area contributed by atoms with Gasteiger partial charge in [0.2, 0.25) is 11.8 Å². The summed E-state index contributed by atoms with van der Waals surface area (Å²) in [7, 11) is 0. The minimum absolute atomic E-state index is 0.0554. The van der Waals surface area contributed by atoms with Crippen LogP contribution in [0, 0.1) is 0 Å². The highest BCUT2D eigenvalue weighted by atomic mass is 16.4. The van der Waals surface area contributed by atoms with E-state index >= 15 is 0 Å². The van der Waals surface area contributed by atoms with Gasteiger partial charge in [0.15, 0.2) is 0 Å². The van der Waals surface area contributed by atoms with Crippen molar-refractivity contribution in [2.24, 2.45) is 5.73 Å². The molecule has 2 atom stereocenters. The normalized spacial score (nSPS) is 22.1. The molecule has 0 aromatic carbocycles. The SMILES string of the molecule is CC(CC(C)(N)C(=O)O)N1C(=O)CCC1=O. The van der Waals surface area contributed by atoms with Crippen molar-refractivity contribution in [3.63, 3.8) is 0 Å². The molecule has 1 saturated heterocycles. The number of nitrogens with two attached hydrogens (primary N) is 1. The fourth-order valence-electron chi connectivity index (χ4n) is 1.88. The van der Waals surface area contributed by atoms with Crippen LogP contribution in [0.15, 0.2) is 0 Å². The maximum Gasteiger partial charge on any atom is 0.323 e. The van der Waals surface area contributed by atoms with Gasteiger partial charge in [-0.2, -0.15) is 0 Å². The van der Waals surface area contributed by atoms with Crippen LogP contribution in [0.25, 0.3) is 0 Å². The van der Waals surface area contributed by atoms with Gasteiger partial charge >= 0.3 is 5.97 Å². The number of rotatable bonds is 4. The predicted octanol–water partition coefficient (Wildman–Crippen LogP) is -0.284. The first-order chi connectivity index (χ1) is 7.25. The van der Waals surface area contributed by atoms with Crippen LogP contribution in [-0.2, 0) is 14.4 Å². The zero-order valence-corrected chi connectivity index (χ0v) is 9.40. The summed E-state index contributed by atoms with van der Waals surface area (Å²) in [6.07, 6.45) is 0.467. The minimum atomic E-state index is -1.43. The van der Waals surface area contributed by atoms with Gasteiger partial charge in [0.05, 0.1) is 0 Å². The van der Waals surface area contributed by atoms with Crippen molar-refractivity contribution < 1.29 is 19.5 Å². The number of carboxylic acid groups (broad SMARTS) is 1. The maximum atomic E-state index is 11.4. The van der Waals surface area contributed by atoms with Crippen molar-refractivity contribution in [1.29, 1.82) is 0 Å². The van der Waals surface area contributed by atoms with E-state index in [9.17, 15) is 14.4 Å². The zero-order valence-electron chi connectivity index (χ0n) is 9.40. The third kappa shape index (κ3) is 2.38. The largest absolute Gasteiger partial charge is 0.480 e. The Morgan fingerprint density at radius 3 is 2.31 bits per heavy atom. The molecule has 1 heterocycles. The summed E-state index contributed by atoms with van der Waals surface area (Å²) >= 11 is 0. The number of carboxylic acids is 1. The smallest absolute Gasteiger partial charge is 0.323 e. The van der Waals surface area contributed by atoms with E-state index in [-0.39, 0.29) is 31.1 Å². The highest BCUT2D eigenvalue weighted by Gasteiger charge is 2.38. The van der Waals surface area contributed by atoms with E-state index in [1.54, 1.807) is 6.92 Å². The lowest BCUT2D eigenvalue weighted by molar-refractivity contribution is -0.147. The van der Waals surface area contributed by atoms with Crippen molar-refractivity contribution in [1.82, 2.24) is 4.90 Å². The van der Waals surface area contributed by atoms with Gasteiger partial charge in [0.25, 0.3) is 0 Å². The Bertz CT molecular complexity index is 322. The van der Waals surface area contributed by atoms with E-state index in [1.807, 2.05) is 0 Å². The number of hydrogen-bond donors (Lipinski definition) is 2. The fraction of sp³-hybridized carbons (Fsp3) is 0.700. The highest BCUT2D eigenvalue weighted by Crippen LogP contribution is 2.20. The average molecular weight is 228 g/mol. The number of likely N-dealkylation sites (tertiary alicyclic amines) is 1. The molecule has 1 rings (SSSR count). The van der Waals surface area contributed by atoms with Crippen molar-refractivity contribution >= 4 is 17.8 Å². The van der Waals surface area contributed by atoms with Crippen LogP contribution in [0.3, 0.4) is 0 Å². The second-order valence-corrected chi connectivity index (χ2v) is 4.43. The van der Waals surface area contributed by atoms with Crippen LogP contribution in [-0.4, -0.2) is 39.4 Å². The zero-order chi connectivity index (χ0) is 12.5. The molecule has 6 heteroatoms. The van der Waals surface area contributed by atoms with Crippen LogP contribution in [0.2, 0.25) is 0 Å². The number of carbonyl (C=O) groups excluding carboxylic acids is 2. The van der Waals surface area contributed by atoms with Crippen LogP contribution in [0.5, 0.6) is 0 Å². The Balaban J connectivity index is 2.72. The fourth-order valence-corrected chi connectivity index (χ4v) is 1.88. The molecule has 16 heavy (non-hydrogen) atoms. The Morgan fingerprint density at radius 2 is 1.94 bits per heavy atom. The summed E-state index contributed by atoms with van der Waals surface area (Å²) < 4.78 is 0. The third-order valence-corrected chi connectivity index (χ3v) is 2.74. The molecule has 1 fully saturated rings. The van der Waals surface area contributed by atoms with E-state index in [1.165, 1.54) is 6.92 Å². The molecular weight excluding hydrogens is 212 g/mol. The lowest BCUT2D eigenvalue weighted by Gasteiger charge is -2.28. The molecule has 1 aliphatic heterocycles. The summed E-state index contributed by atoms with van der Waals surface area (Å²) in [6.45, 7) is 3.01. The van der Waals surface area contributed by atoms with Gasteiger partial charge in [-0.05, 0) is 20.3 Å². The summed E-state index contributed by atoms with van der Waals surface area (Å²) in [5.41, 5.74) is 4.14. The van der Waals surface area contributed by atoms with E-state index < -0.39 is 17.6 Å². The first kappa shape index (κ1) is 12.6. The highest BCUT2D eigenvalue weighted by molar-refractivity contribution is 6.02. The number of nitrogens with zero attached hydrogens (tertiary/aromatic N) is 1. The van der Waals surface area contributed by atoms with Crippen LogP contribution in [0.4, 0.5) is 0 Å². The second kappa shape index (κ2) is 4.21. The van der Waals surface area contributed by atoms with Gasteiger partial charge in [-0.25, -0.2) is 0 Å². The molecule has 0 aromatic heterocycles. The molecule has 3 N–H and O–H groups in total. The molecule has 2 unspecified atom stereocenters. The van der Waals surface area contributed by atoms with Crippen LogP contribution >= 0.6 is 0 Å². The summed E-state index contributed by atoms with van der Waals surface area (Å²) in [4.78, 5) is 34.7. The lowest BCUT2D eigenvalue weighted by Crippen LogP contribution is -2.51. The van der Waals surface area contributed by atoms with Crippen LogP contribution in [0.1, 0.15) is 33.1 Å². The third-order valence-electron chi connectivity index (χ3n) is 2.74. The molecule has 90 valence electrons. The standard InChI is InChI=1S/C10H16N2O4/c1-6(5-10(2,11)9(15)16)12-7(13)3-4-8(12)14/h6H,3-5,11H2,1-2H3,(H,15,16). The lowest BCUT2D eigenvalue weighted by atomic mass is 9.94. The number of aliphatic carboxylic acids is 1. The van der Waals surface area contributed by atoms with Crippen molar-refractivity contribution in [2.75, 3.05) is 0 Å². The van der Waals surface area contributed by atoms with Gasteiger partial charge in [-0.15, -0.1) is 0 Å². The molecule has 0 bridgehead atoms. The van der Waals surface area contributed by atoms with Crippen molar-refractivity contribution in [3.8, 4) is 0 Å². The topological polar surface area (TPSA) is 101 Å². The van der Waals surface area contributed by atoms with Gasteiger partial charge in [0.1, 0.15) is 5.54 Å². The quantitative estimate of drug-likeness (QED) is 0.644. The molecule has 0 aromatic rings. The molecule has 2 amide bonds. The first-order valence-electron chi connectivity index (χ1n) is 5.13. The molecule has 1 aliphatic rings. The molecular formula is C10H16N2O4. The second-order valence-electron chi connectivity index (χ2n) is 4.43. The maximum absolute atomic E-state index is 11.4. The Hall–Kier alpha value is -1.43. The Labute approximate surface area is 93.4 Å². The Kier molecular flexibility index (Phi) is 3.32. The molecule has 0 saturated carbocycles. The molecule has 0 aliphatic carbocycles. The van der Waals surface area contributed by atoms with Gasteiger partial charge in [0, 0.05) is 18.9 Å². The van der Waals surface area contributed by atoms with Crippen LogP contribution < -0.4 is 5.73 Å². The summed E-state index contributed by atoms with van der Waals surface area (Å²) in [6, 6.07) is -0.478. The van der Waals surface area contributed by atoms with E-state index in [0.717, 1.165) is 4.90 Å². The number of carbonyl (C=O) groups is 3.